The van der Waals surface area contributed by atoms with E-state index in [1.807, 2.05) is 14.0 Å². The number of carbonyl (C=O) groups is 2. The third kappa shape index (κ3) is 4.03. The molecule has 2 amide bonds. The Morgan fingerprint density at radius 1 is 1.35 bits per heavy atom. The number of amides is 2. The fraction of sp³-hybridized carbons (Fsp3) is 0.500. The molecular formula is C14H20N4O2. The van der Waals surface area contributed by atoms with Crippen molar-refractivity contribution in [2.24, 2.45) is 11.8 Å². The Bertz CT molecular complexity index is 482. The van der Waals surface area contributed by atoms with E-state index in [1.165, 1.54) is 0 Å². The molecule has 20 heavy (non-hydrogen) atoms. The van der Waals surface area contributed by atoms with Gasteiger partial charge in [0.2, 0.25) is 11.8 Å². The van der Waals surface area contributed by atoms with Gasteiger partial charge in [0.05, 0.1) is 11.9 Å². The fourth-order valence-corrected chi connectivity index (χ4v) is 1.78. The number of hydrogen-bond acceptors (Lipinski definition) is 4. The highest BCUT2D eigenvalue weighted by molar-refractivity contribution is 5.94. The van der Waals surface area contributed by atoms with Crippen LogP contribution in [-0.2, 0) is 9.59 Å². The molecule has 0 aliphatic heterocycles. The highest BCUT2D eigenvalue weighted by Crippen LogP contribution is 2.29. The smallest absolute Gasteiger partial charge is 0.228 e. The van der Waals surface area contributed by atoms with Crippen LogP contribution < -0.4 is 16.0 Å². The number of anilines is 2. The first kappa shape index (κ1) is 14.5. The van der Waals surface area contributed by atoms with Crippen LogP contribution in [0, 0.1) is 11.8 Å². The maximum absolute atomic E-state index is 11.8. The Labute approximate surface area is 118 Å². The Kier molecular flexibility index (Phi) is 4.68. The van der Waals surface area contributed by atoms with E-state index in [0.29, 0.717) is 18.1 Å². The second-order valence-electron chi connectivity index (χ2n) is 5.14. The van der Waals surface area contributed by atoms with Crippen molar-refractivity contribution >= 4 is 23.3 Å². The maximum Gasteiger partial charge on any atom is 0.228 e. The molecule has 0 saturated heterocycles. The summed E-state index contributed by atoms with van der Waals surface area (Å²) in [5.74, 6) is 0.517. The van der Waals surface area contributed by atoms with Crippen molar-refractivity contribution in [3.63, 3.8) is 0 Å². The van der Waals surface area contributed by atoms with E-state index in [1.54, 1.807) is 18.3 Å². The summed E-state index contributed by atoms with van der Waals surface area (Å²) in [4.78, 5) is 27.5. The van der Waals surface area contributed by atoms with Crippen molar-refractivity contribution < 1.29 is 9.59 Å². The van der Waals surface area contributed by atoms with Crippen LogP contribution in [0.5, 0.6) is 0 Å². The summed E-state index contributed by atoms with van der Waals surface area (Å²) in [5.41, 5.74) is 0.627. The van der Waals surface area contributed by atoms with E-state index in [9.17, 15) is 9.59 Å². The lowest BCUT2D eigenvalue weighted by Gasteiger charge is -2.11. The van der Waals surface area contributed by atoms with Crippen molar-refractivity contribution in [2.75, 3.05) is 24.2 Å². The summed E-state index contributed by atoms with van der Waals surface area (Å²) < 4.78 is 0. The third-order valence-corrected chi connectivity index (χ3v) is 3.19. The second kappa shape index (κ2) is 6.47. The molecule has 0 radical (unpaired) electrons. The lowest BCUT2D eigenvalue weighted by atomic mass is 10.1. The molecule has 6 heteroatoms. The molecule has 1 aliphatic carbocycles. The predicted octanol–water partition coefficient (Wildman–Crippen LogP) is 1.22. The molecule has 1 aromatic rings. The van der Waals surface area contributed by atoms with Gasteiger partial charge in [-0.15, -0.1) is 0 Å². The minimum atomic E-state index is -0.116. The summed E-state index contributed by atoms with van der Waals surface area (Å²) in [6.07, 6.45) is 3.47. The van der Waals surface area contributed by atoms with E-state index < -0.39 is 0 Å². The fourth-order valence-electron chi connectivity index (χ4n) is 1.78. The zero-order valence-corrected chi connectivity index (χ0v) is 11.8. The van der Waals surface area contributed by atoms with Crippen molar-refractivity contribution in [3.05, 3.63) is 18.3 Å². The Morgan fingerprint density at radius 3 is 2.65 bits per heavy atom. The van der Waals surface area contributed by atoms with Crippen molar-refractivity contribution in [2.45, 2.75) is 19.8 Å². The summed E-state index contributed by atoms with van der Waals surface area (Å²) in [7, 11) is 1.81. The van der Waals surface area contributed by atoms with Crippen LogP contribution in [0.25, 0.3) is 0 Å². The summed E-state index contributed by atoms with van der Waals surface area (Å²) in [6, 6.07) is 3.43. The van der Waals surface area contributed by atoms with E-state index >= 15 is 0 Å². The molecule has 108 valence electrons. The lowest BCUT2D eigenvalue weighted by molar-refractivity contribution is -0.119. The number of carbonyl (C=O) groups excluding carboxylic acids is 2. The van der Waals surface area contributed by atoms with Crippen LogP contribution >= 0.6 is 0 Å². The maximum atomic E-state index is 11.8. The molecule has 3 N–H and O–H groups in total. The first-order valence-corrected chi connectivity index (χ1v) is 6.82. The highest BCUT2D eigenvalue weighted by atomic mass is 16.2. The molecule has 1 fully saturated rings. The van der Waals surface area contributed by atoms with Gasteiger partial charge >= 0.3 is 0 Å². The van der Waals surface area contributed by atoms with Gasteiger partial charge in [0.15, 0.2) is 0 Å². The second-order valence-corrected chi connectivity index (χ2v) is 5.14. The van der Waals surface area contributed by atoms with Gasteiger partial charge in [-0.3, -0.25) is 9.59 Å². The standard InChI is InChI=1S/C14H20N4O2/c1-9(7-15-2)13(19)17-11-5-6-12(16-8-11)18-14(20)10-3-4-10/h5-6,8-10,15H,3-4,7H2,1-2H3,(H,17,19)(H,16,18,20). The lowest BCUT2D eigenvalue weighted by Crippen LogP contribution is -2.28. The number of nitrogens with one attached hydrogen (secondary N) is 3. The van der Waals surface area contributed by atoms with Crippen molar-refractivity contribution in [1.29, 1.82) is 0 Å². The monoisotopic (exact) mass is 276 g/mol. The molecule has 1 aliphatic rings. The SMILES string of the molecule is CNCC(C)C(=O)Nc1ccc(NC(=O)C2CC2)nc1. The molecule has 1 heterocycles. The average molecular weight is 276 g/mol. The van der Waals surface area contributed by atoms with Crippen LogP contribution in [0.2, 0.25) is 0 Å². The molecule has 1 atom stereocenters. The zero-order chi connectivity index (χ0) is 14.5. The molecule has 6 nitrogen and oxygen atoms in total. The molecule has 0 spiro atoms. The first-order chi connectivity index (χ1) is 9.60. The number of rotatable bonds is 6. The predicted molar refractivity (Wildman–Crippen MR) is 77.3 cm³/mol. The van der Waals surface area contributed by atoms with E-state index in [2.05, 4.69) is 20.9 Å². The van der Waals surface area contributed by atoms with E-state index in [-0.39, 0.29) is 23.7 Å². The Morgan fingerprint density at radius 2 is 2.10 bits per heavy atom. The molecule has 0 aromatic carbocycles. The van der Waals surface area contributed by atoms with Crippen LogP contribution in [0.1, 0.15) is 19.8 Å². The molecular weight excluding hydrogens is 256 g/mol. The van der Waals surface area contributed by atoms with E-state index in [4.69, 9.17) is 0 Å². The number of pyridine rings is 1. The average Bonchev–Trinajstić information content (AvgIpc) is 3.25. The van der Waals surface area contributed by atoms with Crippen LogP contribution in [-0.4, -0.2) is 30.4 Å². The highest BCUT2D eigenvalue weighted by Gasteiger charge is 2.29. The van der Waals surface area contributed by atoms with Gasteiger partial charge in [-0.25, -0.2) is 4.98 Å². The van der Waals surface area contributed by atoms with Gasteiger partial charge in [-0.2, -0.15) is 0 Å². The van der Waals surface area contributed by atoms with Gasteiger partial charge in [0.1, 0.15) is 5.82 Å². The topological polar surface area (TPSA) is 83.1 Å². The normalized spacial score (nSPS) is 15.5. The largest absolute Gasteiger partial charge is 0.324 e. The van der Waals surface area contributed by atoms with E-state index in [0.717, 1.165) is 12.8 Å². The molecule has 2 rings (SSSR count). The summed E-state index contributed by atoms with van der Waals surface area (Å²) >= 11 is 0. The van der Waals surface area contributed by atoms with Crippen LogP contribution in [0.4, 0.5) is 11.5 Å². The van der Waals surface area contributed by atoms with Gasteiger partial charge in [0.25, 0.3) is 0 Å². The summed E-state index contributed by atoms with van der Waals surface area (Å²) in [6.45, 7) is 2.47. The number of aromatic nitrogens is 1. The molecule has 1 unspecified atom stereocenters. The van der Waals surface area contributed by atoms with Crippen molar-refractivity contribution in [3.8, 4) is 0 Å². The Hall–Kier alpha value is -1.95. The van der Waals surface area contributed by atoms with Crippen LogP contribution in [0.3, 0.4) is 0 Å². The van der Waals surface area contributed by atoms with Gasteiger partial charge in [-0.1, -0.05) is 6.92 Å². The van der Waals surface area contributed by atoms with Crippen LogP contribution in [0.15, 0.2) is 18.3 Å². The number of nitrogens with zero attached hydrogens (tertiary/aromatic N) is 1. The minimum absolute atomic E-state index is 0.0249. The van der Waals surface area contributed by atoms with Gasteiger partial charge in [-0.05, 0) is 32.0 Å². The van der Waals surface area contributed by atoms with Gasteiger partial charge in [0, 0.05) is 18.4 Å². The molecule has 1 aromatic heterocycles. The van der Waals surface area contributed by atoms with Gasteiger partial charge < -0.3 is 16.0 Å². The Balaban J connectivity index is 1.87. The summed E-state index contributed by atoms with van der Waals surface area (Å²) in [5, 5.41) is 8.50. The first-order valence-electron chi connectivity index (χ1n) is 6.82. The quantitative estimate of drug-likeness (QED) is 0.729. The van der Waals surface area contributed by atoms with Crippen molar-refractivity contribution in [1.82, 2.24) is 10.3 Å². The minimum Gasteiger partial charge on any atom is -0.324 e. The zero-order valence-electron chi connectivity index (χ0n) is 11.8. The molecule has 0 bridgehead atoms. The third-order valence-electron chi connectivity index (χ3n) is 3.19. The molecule has 1 saturated carbocycles. The number of hydrogen-bond donors (Lipinski definition) is 3.